The Morgan fingerprint density at radius 3 is 2.76 bits per heavy atom. The first kappa shape index (κ1) is 30.6. The summed E-state index contributed by atoms with van der Waals surface area (Å²) in [7, 11) is 0. The summed E-state index contributed by atoms with van der Waals surface area (Å²) in [5.74, 6) is 0.808. The number of carbonyl (C=O) groups is 2. The van der Waals surface area contributed by atoms with Gasteiger partial charge in [0.15, 0.2) is 0 Å². The number of para-hydroxylation sites is 1. The van der Waals surface area contributed by atoms with Crippen molar-refractivity contribution < 1.29 is 9.59 Å². The zero-order valence-electron chi connectivity index (χ0n) is 24.7. The first-order valence-electron chi connectivity index (χ1n) is 15.1. The number of aryl methyl sites for hydroxylation is 1. The molecular weight excluding hydrogens is 526 g/mol. The van der Waals surface area contributed by atoms with Crippen LogP contribution in [0.25, 0.3) is 5.57 Å². The highest BCUT2D eigenvalue weighted by Crippen LogP contribution is 2.29. The summed E-state index contributed by atoms with van der Waals surface area (Å²) < 4.78 is 0. The molecule has 6 heteroatoms. The Kier molecular flexibility index (Phi) is 11.6. The van der Waals surface area contributed by atoms with Crippen LogP contribution in [0.15, 0.2) is 65.9 Å². The van der Waals surface area contributed by atoms with Crippen LogP contribution >= 0.6 is 11.3 Å². The zero-order valence-corrected chi connectivity index (χ0v) is 25.5. The number of hydrogen-bond donors (Lipinski definition) is 2. The number of rotatable bonds is 15. The average Bonchev–Trinajstić information content (AvgIpc) is 3.50. The van der Waals surface area contributed by atoms with Gasteiger partial charge in [0.25, 0.3) is 5.91 Å². The van der Waals surface area contributed by atoms with E-state index in [0.717, 1.165) is 74.9 Å². The Balaban J connectivity index is 1.41. The fourth-order valence-electron chi connectivity index (χ4n) is 5.73. The van der Waals surface area contributed by atoms with E-state index in [1.807, 2.05) is 18.2 Å². The molecule has 218 valence electrons. The van der Waals surface area contributed by atoms with Gasteiger partial charge in [0.2, 0.25) is 0 Å². The van der Waals surface area contributed by atoms with Gasteiger partial charge in [0.05, 0.1) is 0 Å². The van der Waals surface area contributed by atoms with E-state index in [1.165, 1.54) is 16.8 Å². The first-order valence-corrected chi connectivity index (χ1v) is 16.1. The molecule has 0 radical (unpaired) electrons. The molecule has 1 aromatic heterocycles. The number of carbonyl (C=O) groups excluding carboxylic acids is 2. The van der Waals surface area contributed by atoms with Crippen molar-refractivity contribution in [1.29, 1.82) is 0 Å². The summed E-state index contributed by atoms with van der Waals surface area (Å²) >= 11 is 1.68. The van der Waals surface area contributed by atoms with Crippen LogP contribution < -0.4 is 15.5 Å². The van der Waals surface area contributed by atoms with Crippen LogP contribution in [0.3, 0.4) is 0 Å². The van der Waals surface area contributed by atoms with Crippen molar-refractivity contribution in [1.82, 2.24) is 5.32 Å². The van der Waals surface area contributed by atoms with Gasteiger partial charge in [-0.2, -0.15) is 11.3 Å². The normalized spacial score (nSPS) is 15.0. The second kappa shape index (κ2) is 15.6. The molecule has 0 spiro atoms. The van der Waals surface area contributed by atoms with E-state index in [1.54, 1.807) is 11.3 Å². The minimum Gasteiger partial charge on any atom is -0.380 e. The molecular formula is C35H45N3O2S. The average molecular weight is 572 g/mol. The smallest absolute Gasteiger partial charge is 0.251 e. The monoisotopic (exact) mass is 571 g/mol. The van der Waals surface area contributed by atoms with Gasteiger partial charge in [-0.15, -0.1) is 0 Å². The minimum absolute atomic E-state index is 0.0610. The van der Waals surface area contributed by atoms with Crippen molar-refractivity contribution in [3.63, 3.8) is 0 Å². The third-order valence-electron chi connectivity index (χ3n) is 8.02. The Labute approximate surface area is 250 Å². The molecule has 3 aromatic rings. The highest BCUT2D eigenvalue weighted by Gasteiger charge is 2.19. The molecule has 1 fully saturated rings. The summed E-state index contributed by atoms with van der Waals surface area (Å²) in [6.45, 7) is 12.1. The first-order chi connectivity index (χ1) is 19.9. The molecule has 1 amide bonds. The Morgan fingerprint density at radius 2 is 2.00 bits per heavy atom. The summed E-state index contributed by atoms with van der Waals surface area (Å²) in [5.41, 5.74) is 7.48. The van der Waals surface area contributed by atoms with E-state index >= 15 is 0 Å². The summed E-state index contributed by atoms with van der Waals surface area (Å²) in [4.78, 5) is 27.3. The highest BCUT2D eigenvalue weighted by molar-refractivity contribution is 7.07. The van der Waals surface area contributed by atoms with E-state index < -0.39 is 0 Å². The molecule has 5 nitrogen and oxygen atoms in total. The summed E-state index contributed by atoms with van der Waals surface area (Å²) in [6, 6.07) is 16.6. The van der Waals surface area contributed by atoms with Crippen molar-refractivity contribution in [3.8, 4) is 0 Å². The summed E-state index contributed by atoms with van der Waals surface area (Å²) in [5, 5.41) is 10.9. The standard InChI is InChI=1S/C35H45N3O2S/c1-4-19-38(34-13-6-5-9-27(34)3)20-16-26(2)32-15-14-30(23-33(32)37-24-29-17-21-41-25-29)35(40)36-18-8-11-28-10-7-12-31(39)22-28/h5-6,9,13-15,17,21,23,25,28,37H,2,4,7-8,10-12,16,18-20,22,24H2,1,3H3,(H,36,40). The molecule has 1 aliphatic carbocycles. The van der Waals surface area contributed by atoms with E-state index in [9.17, 15) is 9.59 Å². The van der Waals surface area contributed by atoms with Crippen LogP contribution in [0.2, 0.25) is 0 Å². The fourth-order valence-corrected chi connectivity index (χ4v) is 6.40. The van der Waals surface area contributed by atoms with Gasteiger partial charge in [-0.1, -0.05) is 37.8 Å². The Bertz CT molecular complexity index is 1300. The maximum atomic E-state index is 13.1. The number of anilines is 2. The van der Waals surface area contributed by atoms with Crippen molar-refractivity contribution in [2.45, 2.75) is 71.8 Å². The molecule has 1 saturated carbocycles. The molecule has 0 aliphatic heterocycles. The third kappa shape index (κ3) is 9.06. The van der Waals surface area contributed by atoms with Crippen LogP contribution in [-0.2, 0) is 11.3 Å². The molecule has 0 saturated heterocycles. The van der Waals surface area contributed by atoms with E-state index in [2.05, 4.69) is 77.1 Å². The van der Waals surface area contributed by atoms with Gasteiger partial charge in [-0.05, 0) is 103 Å². The molecule has 1 atom stereocenters. The lowest BCUT2D eigenvalue weighted by Gasteiger charge is -2.27. The molecule has 4 rings (SSSR count). The van der Waals surface area contributed by atoms with Crippen molar-refractivity contribution in [3.05, 3.63) is 88.1 Å². The quantitative estimate of drug-likeness (QED) is 0.180. The predicted octanol–water partition coefficient (Wildman–Crippen LogP) is 8.26. The number of nitrogens with zero attached hydrogens (tertiary/aromatic N) is 1. The molecule has 2 aromatic carbocycles. The molecule has 1 unspecified atom stereocenters. The van der Waals surface area contributed by atoms with E-state index in [0.29, 0.717) is 36.8 Å². The molecule has 0 bridgehead atoms. The number of nitrogens with one attached hydrogen (secondary N) is 2. The number of amides is 1. The number of ketones is 1. The van der Waals surface area contributed by atoms with Crippen LogP contribution in [0.5, 0.6) is 0 Å². The van der Waals surface area contributed by atoms with Crippen molar-refractivity contribution in [2.24, 2.45) is 5.92 Å². The topological polar surface area (TPSA) is 61.4 Å². The number of Topliss-reactive ketones (excluding diaryl/α,β-unsaturated/α-hetero) is 1. The highest BCUT2D eigenvalue weighted by atomic mass is 32.1. The largest absolute Gasteiger partial charge is 0.380 e. The molecule has 1 aliphatic rings. The van der Waals surface area contributed by atoms with Crippen LogP contribution in [0.1, 0.15) is 85.3 Å². The van der Waals surface area contributed by atoms with Gasteiger partial charge in [0, 0.05) is 61.5 Å². The second-order valence-corrected chi connectivity index (χ2v) is 12.1. The molecule has 2 N–H and O–H groups in total. The lowest BCUT2D eigenvalue weighted by Crippen LogP contribution is -2.26. The summed E-state index contributed by atoms with van der Waals surface area (Å²) in [6.07, 6.45) is 7.39. The van der Waals surface area contributed by atoms with E-state index in [-0.39, 0.29) is 5.91 Å². The van der Waals surface area contributed by atoms with Gasteiger partial charge < -0.3 is 15.5 Å². The van der Waals surface area contributed by atoms with Crippen LogP contribution in [0.4, 0.5) is 11.4 Å². The van der Waals surface area contributed by atoms with E-state index in [4.69, 9.17) is 0 Å². The van der Waals surface area contributed by atoms with Crippen LogP contribution in [0, 0.1) is 12.8 Å². The van der Waals surface area contributed by atoms with Crippen molar-refractivity contribution >= 4 is 40.0 Å². The van der Waals surface area contributed by atoms with Gasteiger partial charge in [-0.3, -0.25) is 9.59 Å². The Hall–Kier alpha value is -3.38. The lowest BCUT2D eigenvalue weighted by molar-refractivity contribution is -0.121. The lowest BCUT2D eigenvalue weighted by atomic mass is 9.85. The number of thiophene rings is 1. The predicted molar refractivity (Wildman–Crippen MR) is 174 cm³/mol. The van der Waals surface area contributed by atoms with Crippen LogP contribution in [-0.4, -0.2) is 31.3 Å². The van der Waals surface area contributed by atoms with Crippen molar-refractivity contribution in [2.75, 3.05) is 29.9 Å². The van der Waals surface area contributed by atoms with Gasteiger partial charge in [0.1, 0.15) is 5.78 Å². The molecule has 1 heterocycles. The third-order valence-corrected chi connectivity index (χ3v) is 8.75. The SMILES string of the molecule is C=C(CCN(CCC)c1ccccc1C)c1ccc(C(=O)NCCCC2CCCC(=O)C2)cc1NCc1ccsc1. The van der Waals surface area contributed by atoms with Gasteiger partial charge in [-0.25, -0.2) is 0 Å². The number of benzene rings is 2. The fraction of sp³-hybridized carbons (Fsp3) is 0.429. The zero-order chi connectivity index (χ0) is 29.0. The maximum absolute atomic E-state index is 13.1. The second-order valence-electron chi connectivity index (χ2n) is 11.3. The molecule has 41 heavy (non-hydrogen) atoms. The Morgan fingerprint density at radius 1 is 1.15 bits per heavy atom. The maximum Gasteiger partial charge on any atom is 0.251 e. The van der Waals surface area contributed by atoms with Gasteiger partial charge >= 0.3 is 0 Å². The minimum atomic E-state index is -0.0610. The number of hydrogen-bond acceptors (Lipinski definition) is 5.